The van der Waals surface area contributed by atoms with Gasteiger partial charge in [0.15, 0.2) is 0 Å². The van der Waals surface area contributed by atoms with Crippen molar-refractivity contribution in [2.24, 2.45) is 0 Å². The molecule has 76 valence electrons. The van der Waals surface area contributed by atoms with Crippen LogP contribution in [0, 0.1) is 0 Å². The van der Waals surface area contributed by atoms with Gasteiger partial charge in [0.05, 0.1) is 0 Å². The molecule has 3 nitrogen and oxygen atoms in total. The van der Waals surface area contributed by atoms with E-state index >= 15 is 0 Å². The van der Waals surface area contributed by atoms with Crippen molar-refractivity contribution in [1.29, 1.82) is 0 Å². The SMILES string of the molecule is O=C(O)C(O)CC[Se]c1ccccc1. The summed E-state index contributed by atoms with van der Waals surface area (Å²) in [4.78, 5) is 10.3. The molecular formula is C10H12O3Se. The Bertz CT molecular complexity index is 287. The maximum absolute atomic E-state index is 10.3. The van der Waals surface area contributed by atoms with E-state index in [0.717, 1.165) is 5.32 Å². The van der Waals surface area contributed by atoms with Gasteiger partial charge in [-0.15, -0.1) is 0 Å². The van der Waals surface area contributed by atoms with Crippen LogP contribution in [0.25, 0.3) is 0 Å². The zero-order chi connectivity index (χ0) is 10.4. The molecule has 0 aliphatic rings. The average Bonchev–Trinajstić information content (AvgIpc) is 2.19. The first-order valence-corrected chi connectivity index (χ1v) is 6.35. The van der Waals surface area contributed by atoms with Gasteiger partial charge < -0.3 is 0 Å². The summed E-state index contributed by atoms with van der Waals surface area (Å²) >= 11 is 0.262. The molecule has 4 heteroatoms. The predicted octanol–water partition coefficient (Wildman–Crippen LogP) is 0.270. The first-order valence-electron chi connectivity index (χ1n) is 4.29. The zero-order valence-electron chi connectivity index (χ0n) is 7.59. The summed E-state index contributed by atoms with van der Waals surface area (Å²) < 4.78 is 1.23. The molecule has 2 N–H and O–H groups in total. The molecule has 0 bridgehead atoms. The van der Waals surface area contributed by atoms with Gasteiger partial charge >= 0.3 is 88.6 Å². The molecule has 0 heterocycles. The first-order chi connectivity index (χ1) is 6.70. The van der Waals surface area contributed by atoms with Gasteiger partial charge in [-0.3, -0.25) is 0 Å². The molecule has 1 aromatic carbocycles. The van der Waals surface area contributed by atoms with Gasteiger partial charge in [-0.1, -0.05) is 0 Å². The van der Waals surface area contributed by atoms with E-state index in [4.69, 9.17) is 10.2 Å². The van der Waals surface area contributed by atoms with Crippen molar-refractivity contribution in [2.75, 3.05) is 0 Å². The van der Waals surface area contributed by atoms with Gasteiger partial charge in [0, 0.05) is 0 Å². The summed E-state index contributed by atoms with van der Waals surface area (Å²) in [5.41, 5.74) is 0. The van der Waals surface area contributed by atoms with Gasteiger partial charge in [-0.25, -0.2) is 0 Å². The van der Waals surface area contributed by atoms with Crippen molar-refractivity contribution in [3.63, 3.8) is 0 Å². The zero-order valence-corrected chi connectivity index (χ0v) is 9.30. The number of carboxylic acids is 1. The first kappa shape index (κ1) is 11.2. The Hall–Kier alpha value is -0.831. The minimum absolute atomic E-state index is 0.262. The monoisotopic (exact) mass is 260 g/mol. The summed E-state index contributed by atoms with van der Waals surface area (Å²) in [6, 6.07) is 9.92. The quantitative estimate of drug-likeness (QED) is 0.746. The van der Waals surface area contributed by atoms with E-state index in [9.17, 15) is 4.79 Å². The number of hydrogen-bond donors (Lipinski definition) is 2. The molecule has 1 aromatic rings. The van der Waals surface area contributed by atoms with Crippen LogP contribution in [0.15, 0.2) is 30.3 Å². The van der Waals surface area contributed by atoms with Gasteiger partial charge in [0.1, 0.15) is 0 Å². The normalized spacial score (nSPS) is 12.4. The molecule has 0 aliphatic heterocycles. The van der Waals surface area contributed by atoms with Crippen LogP contribution >= 0.6 is 0 Å². The Morgan fingerprint density at radius 1 is 1.36 bits per heavy atom. The fourth-order valence-electron chi connectivity index (χ4n) is 0.929. The van der Waals surface area contributed by atoms with Crippen LogP contribution in [0.3, 0.4) is 0 Å². The van der Waals surface area contributed by atoms with Gasteiger partial charge in [0.25, 0.3) is 0 Å². The fraction of sp³-hybridized carbons (Fsp3) is 0.300. The summed E-state index contributed by atoms with van der Waals surface area (Å²) in [5, 5.41) is 18.2. The van der Waals surface area contributed by atoms with Crippen molar-refractivity contribution in [3.05, 3.63) is 30.3 Å². The van der Waals surface area contributed by atoms with E-state index in [-0.39, 0.29) is 15.0 Å². The second kappa shape index (κ2) is 5.81. The molecule has 0 spiro atoms. The molecule has 1 unspecified atom stereocenters. The number of hydrogen-bond acceptors (Lipinski definition) is 2. The third-order valence-corrected chi connectivity index (χ3v) is 3.88. The molecule has 0 amide bonds. The second-order valence-electron chi connectivity index (χ2n) is 2.80. The molecule has 0 fully saturated rings. The van der Waals surface area contributed by atoms with Crippen LogP contribution in [-0.2, 0) is 4.79 Å². The number of carbonyl (C=O) groups is 1. The Morgan fingerprint density at radius 3 is 2.57 bits per heavy atom. The summed E-state index contributed by atoms with van der Waals surface area (Å²) in [5.74, 6) is -1.13. The van der Waals surface area contributed by atoms with Crippen molar-refractivity contribution in [3.8, 4) is 0 Å². The van der Waals surface area contributed by atoms with Crippen LogP contribution in [0.1, 0.15) is 6.42 Å². The van der Waals surface area contributed by atoms with E-state index in [1.54, 1.807) is 0 Å². The number of aliphatic carboxylic acids is 1. The Labute approximate surface area is 88.9 Å². The van der Waals surface area contributed by atoms with E-state index in [2.05, 4.69) is 0 Å². The third kappa shape index (κ3) is 3.92. The number of rotatable bonds is 5. The molecule has 0 aromatic heterocycles. The van der Waals surface area contributed by atoms with Crippen LogP contribution in [0.2, 0.25) is 5.32 Å². The predicted molar refractivity (Wildman–Crippen MR) is 54.9 cm³/mol. The van der Waals surface area contributed by atoms with E-state index < -0.39 is 12.1 Å². The Morgan fingerprint density at radius 2 is 2.00 bits per heavy atom. The van der Waals surface area contributed by atoms with Crippen LogP contribution in [0.5, 0.6) is 0 Å². The van der Waals surface area contributed by atoms with Gasteiger partial charge in [-0.05, 0) is 0 Å². The summed E-state index contributed by atoms with van der Waals surface area (Å²) in [6.45, 7) is 0. The number of aliphatic hydroxyl groups excluding tert-OH is 1. The number of aliphatic hydroxyl groups is 1. The van der Waals surface area contributed by atoms with Crippen molar-refractivity contribution in [1.82, 2.24) is 0 Å². The fourth-order valence-corrected chi connectivity index (χ4v) is 2.87. The topological polar surface area (TPSA) is 57.5 Å². The van der Waals surface area contributed by atoms with Crippen LogP contribution < -0.4 is 4.46 Å². The Balaban J connectivity index is 2.26. The van der Waals surface area contributed by atoms with Crippen molar-refractivity contribution < 1.29 is 15.0 Å². The van der Waals surface area contributed by atoms with E-state index in [1.165, 1.54) is 4.46 Å². The van der Waals surface area contributed by atoms with Crippen LogP contribution in [0.4, 0.5) is 0 Å². The summed E-state index contributed by atoms with van der Waals surface area (Å²) in [7, 11) is 0. The van der Waals surface area contributed by atoms with E-state index in [0.29, 0.717) is 6.42 Å². The standard InChI is InChI=1S/C10H12O3Se/c11-9(10(12)13)6-7-14-8-4-2-1-3-5-8/h1-5,9,11H,6-7H2,(H,12,13). The molecule has 0 aliphatic carbocycles. The number of carboxylic acid groups (broad SMARTS) is 1. The molecule has 1 rings (SSSR count). The maximum atomic E-state index is 10.3. The molecule has 14 heavy (non-hydrogen) atoms. The van der Waals surface area contributed by atoms with Crippen molar-refractivity contribution in [2.45, 2.75) is 17.8 Å². The minimum atomic E-state index is -1.21. The summed E-state index contributed by atoms with van der Waals surface area (Å²) in [6.07, 6.45) is -0.870. The molecule has 1 atom stereocenters. The molecular weight excluding hydrogens is 247 g/mol. The molecule has 0 saturated heterocycles. The van der Waals surface area contributed by atoms with Gasteiger partial charge in [0.2, 0.25) is 0 Å². The average molecular weight is 259 g/mol. The van der Waals surface area contributed by atoms with Crippen molar-refractivity contribution >= 4 is 25.4 Å². The second-order valence-corrected chi connectivity index (χ2v) is 5.26. The molecule has 0 radical (unpaired) electrons. The van der Waals surface area contributed by atoms with Crippen LogP contribution in [-0.4, -0.2) is 37.2 Å². The third-order valence-electron chi connectivity index (χ3n) is 1.69. The van der Waals surface area contributed by atoms with E-state index in [1.807, 2.05) is 30.3 Å². The Kier molecular flexibility index (Phi) is 4.66. The number of benzene rings is 1. The van der Waals surface area contributed by atoms with Gasteiger partial charge in [-0.2, -0.15) is 0 Å². The molecule has 0 saturated carbocycles.